The molecule has 1 heterocycles. The van der Waals surface area contributed by atoms with Gasteiger partial charge in [0.1, 0.15) is 5.75 Å². The van der Waals surface area contributed by atoms with E-state index in [0.717, 1.165) is 37.2 Å². The number of hydrogen-bond donors (Lipinski definition) is 1. The third-order valence-corrected chi connectivity index (χ3v) is 5.56. The third-order valence-electron chi connectivity index (χ3n) is 5.56. The highest BCUT2D eigenvalue weighted by Crippen LogP contribution is 2.44. The molecule has 0 aromatic heterocycles. The lowest BCUT2D eigenvalue weighted by molar-refractivity contribution is -0.160. The summed E-state index contributed by atoms with van der Waals surface area (Å²) < 4.78 is 11.0. The van der Waals surface area contributed by atoms with Crippen LogP contribution in [-0.4, -0.2) is 48.2 Å². The van der Waals surface area contributed by atoms with Crippen LogP contribution in [0.25, 0.3) is 0 Å². The van der Waals surface area contributed by atoms with Gasteiger partial charge in [-0.2, -0.15) is 0 Å². The maximum atomic E-state index is 13.0. The van der Waals surface area contributed by atoms with Gasteiger partial charge in [-0.1, -0.05) is 18.6 Å². The maximum absolute atomic E-state index is 13.0. The van der Waals surface area contributed by atoms with Crippen LogP contribution in [-0.2, 0) is 20.9 Å². The molecule has 1 aromatic carbocycles. The fourth-order valence-corrected chi connectivity index (χ4v) is 3.75. The van der Waals surface area contributed by atoms with Crippen molar-refractivity contribution >= 4 is 11.9 Å². The van der Waals surface area contributed by atoms with Gasteiger partial charge in [-0.3, -0.25) is 9.59 Å². The summed E-state index contributed by atoms with van der Waals surface area (Å²) in [6.45, 7) is 1.67. The summed E-state index contributed by atoms with van der Waals surface area (Å²) >= 11 is 0. The van der Waals surface area contributed by atoms with Crippen molar-refractivity contribution in [3.63, 3.8) is 0 Å². The van der Waals surface area contributed by atoms with Gasteiger partial charge in [0.25, 0.3) is 0 Å². The normalized spacial score (nSPS) is 21.0. The molecule has 6 heteroatoms. The summed E-state index contributed by atoms with van der Waals surface area (Å²) in [5, 5.41) is 9.54. The van der Waals surface area contributed by atoms with Crippen molar-refractivity contribution in [1.82, 2.24) is 4.90 Å². The fraction of sp³-hybridized carbons (Fsp3) is 0.600. The quantitative estimate of drug-likeness (QED) is 0.770. The Labute approximate surface area is 154 Å². The van der Waals surface area contributed by atoms with Crippen LogP contribution in [0.3, 0.4) is 0 Å². The Balaban J connectivity index is 1.73. The molecule has 1 unspecified atom stereocenters. The molecule has 3 rings (SSSR count). The number of nitrogens with zero attached hydrogens (tertiary/aromatic N) is 1. The zero-order valence-electron chi connectivity index (χ0n) is 15.3. The lowest BCUT2D eigenvalue weighted by Crippen LogP contribution is -2.45. The van der Waals surface area contributed by atoms with E-state index in [9.17, 15) is 14.7 Å². The zero-order chi connectivity index (χ0) is 18.6. The molecule has 2 aliphatic rings. The van der Waals surface area contributed by atoms with Crippen LogP contribution in [0, 0.1) is 5.41 Å². The number of carboxylic acid groups (broad SMARTS) is 1. The molecule has 2 fully saturated rings. The average Bonchev–Trinajstić information content (AvgIpc) is 3.10. The van der Waals surface area contributed by atoms with Gasteiger partial charge >= 0.3 is 5.97 Å². The molecular formula is C20H27NO5. The van der Waals surface area contributed by atoms with Crippen molar-refractivity contribution in [2.45, 2.75) is 51.2 Å². The number of carboxylic acids is 1. The third kappa shape index (κ3) is 4.18. The molecule has 1 atom stereocenters. The SMILES string of the molecule is COc1cccc(CN(CC2CCCO2)C(=O)CC2(C(=O)O)CCC2)c1. The van der Waals surface area contributed by atoms with Crippen LogP contribution in [0.4, 0.5) is 0 Å². The largest absolute Gasteiger partial charge is 0.497 e. The summed E-state index contributed by atoms with van der Waals surface area (Å²) in [6, 6.07) is 7.62. The van der Waals surface area contributed by atoms with E-state index in [4.69, 9.17) is 9.47 Å². The molecule has 1 aromatic rings. The minimum atomic E-state index is -0.875. The number of carbonyl (C=O) groups excluding carboxylic acids is 1. The number of amides is 1. The second kappa shape index (κ2) is 8.08. The highest BCUT2D eigenvalue weighted by molar-refractivity contribution is 5.85. The maximum Gasteiger partial charge on any atom is 0.310 e. The zero-order valence-corrected chi connectivity index (χ0v) is 15.3. The van der Waals surface area contributed by atoms with Crippen molar-refractivity contribution in [2.75, 3.05) is 20.3 Å². The summed E-state index contributed by atoms with van der Waals surface area (Å²) in [6.07, 6.45) is 4.09. The number of aliphatic carboxylic acids is 1. The molecule has 1 aliphatic carbocycles. The first-order valence-corrected chi connectivity index (χ1v) is 9.28. The molecule has 142 valence electrons. The monoisotopic (exact) mass is 361 g/mol. The summed E-state index contributed by atoms with van der Waals surface area (Å²) in [4.78, 5) is 26.4. The van der Waals surface area contributed by atoms with E-state index in [1.807, 2.05) is 24.3 Å². The van der Waals surface area contributed by atoms with E-state index in [1.54, 1.807) is 12.0 Å². The highest BCUT2D eigenvalue weighted by Gasteiger charge is 2.46. The van der Waals surface area contributed by atoms with Crippen molar-refractivity contribution < 1.29 is 24.2 Å². The summed E-state index contributed by atoms with van der Waals surface area (Å²) in [5.74, 6) is -0.214. The number of hydrogen-bond acceptors (Lipinski definition) is 4. The van der Waals surface area contributed by atoms with Gasteiger partial charge in [-0.25, -0.2) is 0 Å². The van der Waals surface area contributed by atoms with Gasteiger partial charge in [0.2, 0.25) is 5.91 Å². The molecule has 1 amide bonds. The van der Waals surface area contributed by atoms with Gasteiger partial charge in [0.05, 0.1) is 18.6 Å². The van der Waals surface area contributed by atoms with Crippen LogP contribution in [0.1, 0.15) is 44.1 Å². The molecule has 0 bridgehead atoms. The number of ether oxygens (including phenoxy) is 2. The smallest absolute Gasteiger partial charge is 0.310 e. The van der Waals surface area contributed by atoms with E-state index in [0.29, 0.717) is 25.9 Å². The number of carbonyl (C=O) groups is 2. The van der Waals surface area contributed by atoms with E-state index in [2.05, 4.69) is 0 Å². The van der Waals surface area contributed by atoms with Gasteiger partial charge < -0.3 is 19.5 Å². The number of methoxy groups -OCH3 is 1. The van der Waals surface area contributed by atoms with Gasteiger partial charge in [0, 0.05) is 26.1 Å². The fourth-order valence-electron chi connectivity index (χ4n) is 3.75. The molecule has 0 radical (unpaired) electrons. The Hall–Kier alpha value is -2.08. The molecule has 1 aliphatic heterocycles. The van der Waals surface area contributed by atoms with E-state index >= 15 is 0 Å². The highest BCUT2D eigenvalue weighted by atomic mass is 16.5. The Morgan fingerprint density at radius 3 is 2.73 bits per heavy atom. The van der Waals surface area contributed by atoms with Crippen molar-refractivity contribution in [2.24, 2.45) is 5.41 Å². The van der Waals surface area contributed by atoms with Crippen LogP contribution < -0.4 is 4.74 Å². The lowest BCUT2D eigenvalue weighted by Gasteiger charge is -2.38. The molecule has 1 saturated carbocycles. The average molecular weight is 361 g/mol. The van der Waals surface area contributed by atoms with Crippen molar-refractivity contribution in [3.8, 4) is 5.75 Å². The first-order chi connectivity index (χ1) is 12.5. The van der Waals surface area contributed by atoms with Gasteiger partial charge in [-0.15, -0.1) is 0 Å². The van der Waals surface area contributed by atoms with Crippen LogP contribution in [0.5, 0.6) is 5.75 Å². The first kappa shape index (κ1) is 18.7. The Morgan fingerprint density at radius 2 is 2.15 bits per heavy atom. The van der Waals surface area contributed by atoms with Crippen molar-refractivity contribution in [3.05, 3.63) is 29.8 Å². The van der Waals surface area contributed by atoms with Crippen LogP contribution >= 0.6 is 0 Å². The predicted molar refractivity (Wildman–Crippen MR) is 95.9 cm³/mol. The Morgan fingerprint density at radius 1 is 1.35 bits per heavy atom. The Kier molecular flexibility index (Phi) is 5.81. The van der Waals surface area contributed by atoms with Crippen LogP contribution in [0.15, 0.2) is 24.3 Å². The minimum absolute atomic E-state index is 0.0340. The number of rotatable bonds is 8. The number of benzene rings is 1. The molecular weight excluding hydrogens is 334 g/mol. The summed E-state index contributed by atoms with van der Waals surface area (Å²) in [7, 11) is 1.61. The van der Waals surface area contributed by atoms with Crippen molar-refractivity contribution in [1.29, 1.82) is 0 Å². The second-order valence-electron chi connectivity index (χ2n) is 7.38. The standard InChI is InChI=1S/C20H27NO5/c1-25-16-6-2-5-15(11-16)13-21(14-17-7-3-10-26-17)18(22)12-20(19(23)24)8-4-9-20/h2,5-6,11,17H,3-4,7-10,12-14H2,1H3,(H,23,24). The summed E-state index contributed by atoms with van der Waals surface area (Å²) in [5.41, 5.74) is 0.0916. The first-order valence-electron chi connectivity index (χ1n) is 9.28. The topological polar surface area (TPSA) is 76.1 Å². The predicted octanol–water partition coefficient (Wildman–Crippen LogP) is 2.85. The van der Waals surface area contributed by atoms with E-state index in [-0.39, 0.29) is 18.4 Å². The molecule has 1 N–H and O–H groups in total. The molecule has 26 heavy (non-hydrogen) atoms. The minimum Gasteiger partial charge on any atom is -0.497 e. The molecule has 0 spiro atoms. The van der Waals surface area contributed by atoms with E-state index < -0.39 is 11.4 Å². The van der Waals surface area contributed by atoms with Gasteiger partial charge in [0.15, 0.2) is 0 Å². The second-order valence-corrected chi connectivity index (χ2v) is 7.38. The lowest BCUT2D eigenvalue weighted by atomic mass is 9.66. The van der Waals surface area contributed by atoms with Crippen LogP contribution in [0.2, 0.25) is 0 Å². The Bertz CT molecular complexity index is 649. The molecule has 1 saturated heterocycles. The molecule has 6 nitrogen and oxygen atoms in total. The van der Waals surface area contributed by atoms with E-state index in [1.165, 1.54) is 0 Å². The van der Waals surface area contributed by atoms with Gasteiger partial charge in [-0.05, 0) is 43.4 Å².